The lowest BCUT2D eigenvalue weighted by Crippen LogP contribution is -2.45. The second kappa shape index (κ2) is 7.34. The average molecular weight is 322 g/mol. The summed E-state index contributed by atoms with van der Waals surface area (Å²) in [4.78, 5) is 4.77. The number of hydrogen-bond donors (Lipinski definition) is 0. The lowest BCUT2D eigenvalue weighted by atomic mass is 10.00. The molecule has 2 saturated heterocycles. The molecule has 1 aromatic heterocycles. The van der Waals surface area contributed by atoms with Crippen LogP contribution in [0.3, 0.4) is 0 Å². The van der Waals surface area contributed by atoms with Crippen LogP contribution in [0.5, 0.6) is 0 Å². The Bertz CT molecular complexity index is 477. The van der Waals surface area contributed by atoms with E-state index in [9.17, 15) is 0 Å². The molecule has 2 atom stereocenters. The molecule has 0 aliphatic carbocycles. The van der Waals surface area contributed by atoms with Crippen molar-refractivity contribution in [3.63, 3.8) is 0 Å². The fourth-order valence-corrected chi connectivity index (χ4v) is 3.52. The maximum atomic E-state index is 6.50. The molecule has 0 N–H and O–H groups in total. The zero-order valence-electron chi connectivity index (χ0n) is 14.7. The van der Waals surface area contributed by atoms with Gasteiger partial charge in [0.25, 0.3) is 0 Å². The van der Waals surface area contributed by atoms with Crippen molar-refractivity contribution in [1.82, 2.24) is 9.80 Å². The first kappa shape index (κ1) is 17.0. The van der Waals surface area contributed by atoms with Gasteiger partial charge in [-0.05, 0) is 45.9 Å². The minimum absolute atomic E-state index is 0.147. The molecule has 0 amide bonds. The second-order valence-electron chi connectivity index (χ2n) is 7.34. The molecule has 0 aromatic carbocycles. The van der Waals surface area contributed by atoms with Crippen molar-refractivity contribution in [2.24, 2.45) is 0 Å². The number of nitrogens with zero attached hydrogens (tertiary/aromatic N) is 2. The molecule has 0 unspecified atom stereocenters. The molecule has 2 aliphatic heterocycles. The highest BCUT2D eigenvalue weighted by Gasteiger charge is 2.43. The standard InChI is InChI=1S/C18H30N2O3/c1-15(2)19(3)11-17-6-7-18(23-17)13-20(8-10-21-14-18)12-16-5-4-9-22-16/h4-5,9,15,17H,6-8,10-14H2,1-3H3/t17-,18+/m1/s1. The third kappa shape index (κ3) is 4.35. The molecule has 2 fully saturated rings. The molecule has 5 nitrogen and oxygen atoms in total. The first-order chi connectivity index (χ1) is 11.1. The van der Waals surface area contributed by atoms with Gasteiger partial charge in [0.15, 0.2) is 0 Å². The third-order valence-corrected chi connectivity index (χ3v) is 5.10. The molecule has 0 radical (unpaired) electrons. The molecule has 130 valence electrons. The van der Waals surface area contributed by atoms with E-state index < -0.39 is 0 Å². The average Bonchev–Trinajstić information content (AvgIpc) is 3.09. The monoisotopic (exact) mass is 322 g/mol. The highest BCUT2D eigenvalue weighted by molar-refractivity contribution is 5.00. The van der Waals surface area contributed by atoms with Crippen LogP contribution in [0.25, 0.3) is 0 Å². The predicted octanol–water partition coefficient (Wildman–Crippen LogP) is 2.37. The van der Waals surface area contributed by atoms with Crippen LogP contribution in [0.1, 0.15) is 32.4 Å². The maximum Gasteiger partial charge on any atom is 0.117 e. The Hall–Kier alpha value is -0.880. The van der Waals surface area contributed by atoms with Gasteiger partial charge in [-0.1, -0.05) is 0 Å². The van der Waals surface area contributed by atoms with E-state index >= 15 is 0 Å². The Morgan fingerprint density at radius 3 is 3.04 bits per heavy atom. The van der Waals surface area contributed by atoms with Gasteiger partial charge in [0, 0.05) is 25.7 Å². The van der Waals surface area contributed by atoms with Crippen LogP contribution >= 0.6 is 0 Å². The van der Waals surface area contributed by atoms with Gasteiger partial charge in [-0.2, -0.15) is 0 Å². The molecule has 3 rings (SSSR count). The fraction of sp³-hybridized carbons (Fsp3) is 0.778. The summed E-state index contributed by atoms with van der Waals surface area (Å²) in [6, 6.07) is 4.54. The van der Waals surface area contributed by atoms with Crippen molar-refractivity contribution in [3.8, 4) is 0 Å². The molecule has 0 saturated carbocycles. The summed E-state index contributed by atoms with van der Waals surface area (Å²) in [6.07, 6.45) is 4.26. The van der Waals surface area contributed by atoms with Crippen LogP contribution in [0.4, 0.5) is 0 Å². The van der Waals surface area contributed by atoms with E-state index in [-0.39, 0.29) is 5.60 Å². The van der Waals surface area contributed by atoms with E-state index in [0.29, 0.717) is 18.8 Å². The summed E-state index contributed by atoms with van der Waals surface area (Å²) in [5.41, 5.74) is -0.147. The number of furan rings is 1. The smallest absolute Gasteiger partial charge is 0.117 e. The Labute approximate surface area is 139 Å². The topological polar surface area (TPSA) is 38.1 Å². The molecule has 1 spiro atoms. The van der Waals surface area contributed by atoms with Gasteiger partial charge in [0.05, 0.1) is 32.1 Å². The lowest BCUT2D eigenvalue weighted by molar-refractivity contribution is -0.0926. The second-order valence-corrected chi connectivity index (χ2v) is 7.34. The van der Waals surface area contributed by atoms with E-state index in [2.05, 4.69) is 30.7 Å². The first-order valence-corrected chi connectivity index (χ1v) is 8.77. The molecule has 1 aromatic rings. The Kier molecular flexibility index (Phi) is 5.42. The van der Waals surface area contributed by atoms with Gasteiger partial charge >= 0.3 is 0 Å². The quantitative estimate of drug-likeness (QED) is 0.832. The highest BCUT2D eigenvalue weighted by atomic mass is 16.6. The van der Waals surface area contributed by atoms with Gasteiger partial charge in [0.1, 0.15) is 11.4 Å². The molecular formula is C18H30N2O3. The van der Waals surface area contributed by atoms with Gasteiger partial charge < -0.3 is 18.8 Å². The highest BCUT2D eigenvalue weighted by Crippen LogP contribution is 2.33. The zero-order chi connectivity index (χ0) is 16.3. The van der Waals surface area contributed by atoms with Gasteiger partial charge in [-0.3, -0.25) is 4.90 Å². The normalized spacial score (nSPS) is 29.7. The minimum atomic E-state index is -0.147. The van der Waals surface area contributed by atoms with Gasteiger partial charge in [-0.15, -0.1) is 0 Å². The molecule has 2 aliphatic rings. The van der Waals surface area contributed by atoms with Crippen LogP contribution in [0.2, 0.25) is 0 Å². The number of likely N-dealkylation sites (N-methyl/N-ethyl adjacent to an activating group) is 1. The van der Waals surface area contributed by atoms with Crippen LogP contribution in [0.15, 0.2) is 22.8 Å². The number of rotatable bonds is 5. The van der Waals surface area contributed by atoms with Crippen molar-refractivity contribution in [2.75, 3.05) is 39.9 Å². The maximum absolute atomic E-state index is 6.50. The zero-order valence-corrected chi connectivity index (χ0v) is 14.7. The van der Waals surface area contributed by atoms with E-state index in [4.69, 9.17) is 13.9 Å². The van der Waals surface area contributed by atoms with Crippen molar-refractivity contribution < 1.29 is 13.9 Å². The molecule has 5 heteroatoms. The Morgan fingerprint density at radius 1 is 1.43 bits per heavy atom. The fourth-order valence-electron chi connectivity index (χ4n) is 3.52. The third-order valence-electron chi connectivity index (χ3n) is 5.10. The SMILES string of the molecule is CC(C)N(C)C[C@H]1CC[C@]2(COCCN(Cc3ccco3)C2)O1. The summed E-state index contributed by atoms with van der Waals surface area (Å²) < 4.78 is 17.9. The lowest BCUT2D eigenvalue weighted by Gasteiger charge is -2.32. The summed E-state index contributed by atoms with van der Waals surface area (Å²) in [5, 5.41) is 0. The van der Waals surface area contributed by atoms with Crippen molar-refractivity contribution in [3.05, 3.63) is 24.2 Å². The number of ether oxygens (including phenoxy) is 2. The molecule has 3 heterocycles. The summed E-state index contributed by atoms with van der Waals surface area (Å²) in [7, 11) is 2.17. The predicted molar refractivity (Wildman–Crippen MR) is 89.4 cm³/mol. The van der Waals surface area contributed by atoms with E-state index in [1.807, 2.05) is 12.1 Å². The minimum Gasteiger partial charge on any atom is -0.468 e. The van der Waals surface area contributed by atoms with Crippen molar-refractivity contribution >= 4 is 0 Å². The summed E-state index contributed by atoms with van der Waals surface area (Å²) in [5.74, 6) is 1.01. The Morgan fingerprint density at radius 2 is 2.30 bits per heavy atom. The van der Waals surface area contributed by atoms with E-state index in [1.54, 1.807) is 6.26 Å². The largest absolute Gasteiger partial charge is 0.468 e. The van der Waals surface area contributed by atoms with Gasteiger partial charge in [0.2, 0.25) is 0 Å². The van der Waals surface area contributed by atoms with Crippen LogP contribution in [0, 0.1) is 0 Å². The first-order valence-electron chi connectivity index (χ1n) is 8.77. The van der Waals surface area contributed by atoms with Crippen LogP contribution in [-0.2, 0) is 16.0 Å². The summed E-state index contributed by atoms with van der Waals surface area (Å²) >= 11 is 0. The van der Waals surface area contributed by atoms with Crippen molar-refractivity contribution in [1.29, 1.82) is 0 Å². The van der Waals surface area contributed by atoms with Crippen molar-refractivity contribution in [2.45, 2.75) is 51.0 Å². The van der Waals surface area contributed by atoms with Crippen LogP contribution < -0.4 is 0 Å². The molecular weight excluding hydrogens is 292 g/mol. The van der Waals surface area contributed by atoms with E-state index in [0.717, 1.165) is 51.4 Å². The molecule has 23 heavy (non-hydrogen) atoms. The summed E-state index contributed by atoms with van der Waals surface area (Å²) in [6.45, 7) is 9.62. The molecule has 0 bridgehead atoms. The van der Waals surface area contributed by atoms with Crippen LogP contribution in [-0.4, -0.2) is 67.4 Å². The van der Waals surface area contributed by atoms with E-state index in [1.165, 1.54) is 0 Å². The Balaban J connectivity index is 1.59. The number of hydrogen-bond acceptors (Lipinski definition) is 5. The van der Waals surface area contributed by atoms with Gasteiger partial charge in [-0.25, -0.2) is 0 Å².